The highest BCUT2D eigenvalue weighted by Gasteiger charge is 2.32. The quantitative estimate of drug-likeness (QED) is 0.605. The predicted molar refractivity (Wildman–Crippen MR) is 115 cm³/mol. The molecule has 0 aromatic heterocycles. The van der Waals surface area contributed by atoms with Crippen molar-refractivity contribution in [2.75, 3.05) is 33.9 Å². The molecule has 0 aliphatic carbocycles. The summed E-state index contributed by atoms with van der Waals surface area (Å²) in [6, 6.07) is 11.2. The third kappa shape index (κ3) is 7.18. The van der Waals surface area contributed by atoms with Crippen LogP contribution in [0.3, 0.4) is 0 Å². The molecule has 0 unspecified atom stereocenters. The Kier molecular flexibility index (Phi) is 8.26. The second-order valence-corrected chi connectivity index (χ2v) is 7.52. The molecule has 0 saturated carbocycles. The van der Waals surface area contributed by atoms with Crippen molar-refractivity contribution in [1.29, 1.82) is 0 Å². The molecule has 10 heteroatoms. The van der Waals surface area contributed by atoms with Crippen LogP contribution < -0.4 is 24.3 Å². The maximum Gasteiger partial charge on any atom is 0.573 e. The van der Waals surface area contributed by atoms with Gasteiger partial charge in [0, 0.05) is 25.2 Å². The number of methoxy groups -OCH3 is 2. The van der Waals surface area contributed by atoms with Crippen molar-refractivity contribution in [3.63, 3.8) is 0 Å². The summed E-state index contributed by atoms with van der Waals surface area (Å²) in [6.07, 6.45) is -3.44. The van der Waals surface area contributed by atoms with E-state index in [0.29, 0.717) is 43.2 Å². The van der Waals surface area contributed by atoms with E-state index in [1.807, 2.05) is 11.0 Å². The van der Waals surface area contributed by atoms with Crippen LogP contribution in [-0.2, 0) is 11.3 Å². The number of para-hydroxylation sites is 2. The molecule has 1 heterocycles. The highest BCUT2D eigenvalue weighted by atomic mass is 19.4. The number of likely N-dealkylation sites (tertiary alicyclic amines) is 1. The van der Waals surface area contributed by atoms with Crippen molar-refractivity contribution in [2.24, 2.45) is 0 Å². The van der Waals surface area contributed by atoms with Crippen LogP contribution >= 0.6 is 0 Å². The van der Waals surface area contributed by atoms with E-state index in [-0.39, 0.29) is 36.4 Å². The van der Waals surface area contributed by atoms with Gasteiger partial charge in [-0.2, -0.15) is 0 Å². The van der Waals surface area contributed by atoms with Crippen molar-refractivity contribution in [3.05, 3.63) is 48.0 Å². The van der Waals surface area contributed by atoms with E-state index >= 15 is 0 Å². The first-order valence-corrected chi connectivity index (χ1v) is 10.5. The average Bonchev–Trinajstić information content (AvgIpc) is 2.79. The maximum atomic E-state index is 12.5. The minimum atomic E-state index is -4.79. The van der Waals surface area contributed by atoms with Crippen molar-refractivity contribution < 1.29 is 36.9 Å². The predicted octanol–water partition coefficient (Wildman–Crippen LogP) is 3.76. The van der Waals surface area contributed by atoms with Gasteiger partial charge in [0.2, 0.25) is 11.7 Å². The summed E-state index contributed by atoms with van der Waals surface area (Å²) in [5, 5.41) is 2.66. The van der Waals surface area contributed by atoms with Crippen LogP contribution in [0.25, 0.3) is 0 Å². The van der Waals surface area contributed by atoms with E-state index in [4.69, 9.17) is 14.2 Å². The number of nitrogens with zero attached hydrogens (tertiary/aromatic N) is 1. The van der Waals surface area contributed by atoms with Crippen molar-refractivity contribution in [3.8, 4) is 23.0 Å². The Morgan fingerprint density at radius 2 is 1.61 bits per heavy atom. The summed E-state index contributed by atoms with van der Waals surface area (Å²) in [7, 11) is 3.13. The van der Waals surface area contributed by atoms with Crippen molar-refractivity contribution >= 4 is 5.91 Å². The largest absolute Gasteiger partial charge is 0.573 e. The number of hydrogen-bond donors (Lipinski definition) is 1. The molecule has 0 bridgehead atoms. The van der Waals surface area contributed by atoms with E-state index in [0.717, 1.165) is 0 Å². The fourth-order valence-electron chi connectivity index (χ4n) is 3.61. The summed E-state index contributed by atoms with van der Waals surface area (Å²) < 4.78 is 58.5. The third-order valence-electron chi connectivity index (χ3n) is 5.24. The number of carbonyl (C=O) groups excluding carboxylic acids is 1. The van der Waals surface area contributed by atoms with Crippen molar-refractivity contribution in [1.82, 2.24) is 10.2 Å². The first-order valence-electron chi connectivity index (χ1n) is 10.5. The van der Waals surface area contributed by atoms with Gasteiger partial charge in [0.05, 0.1) is 20.8 Å². The maximum absolute atomic E-state index is 12.5. The highest BCUT2D eigenvalue weighted by molar-refractivity contribution is 5.78. The Bertz CT molecular complexity index is 908. The molecule has 1 aliphatic rings. The van der Waals surface area contributed by atoms with E-state index in [1.165, 1.54) is 18.2 Å². The Morgan fingerprint density at radius 1 is 1.00 bits per heavy atom. The number of rotatable bonds is 9. The van der Waals surface area contributed by atoms with Crippen molar-refractivity contribution in [2.45, 2.75) is 31.9 Å². The minimum Gasteiger partial charge on any atom is -0.493 e. The van der Waals surface area contributed by atoms with E-state index in [2.05, 4.69) is 10.1 Å². The molecule has 33 heavy (non-hydrogen) atoms. The number of alkyl halides is 3. The zero-order valence-electron chi connectivity index (χ0n) is 18.5. The summed E-state index contributed by atoms with van der Waals surface area (Å²) in [5.41, 5.74) is 0.251. The number of benzene rings is 2. The Morgan fingerprint density at radius 3 is 2.21 bits per heavy atom. The molecular formula is C23H27F3N2O5. The van der Waals surface area contributed by atoms with E-state index in [1.54, 1.807) is 32.4 Å². The summed E-state index contributed by atoms with van der Waals surface area (Å²) in [5.74, 6) is 1.13. The van der Waals surface area contributed by atoms with Gasteiger partial charge in [-0.1, -0.05) is 24.3 Å². The Balaban J connectivity index is 1.47. The molecule has 1 aliphatic heterocycles. The zero-order valence-corrected chi connectivity index (χ0v) is 18.5. The van der Waals surface area contributed by atoms with Gasteiger partial charge >= 0.3 is 6.36 Å². The second-order valence-electron chi connectivity index (χ2n) is 7.52. The molecule has 0 radical (unpaired) electrons. The van der Waals surface area contributed by atoms with Gasteiger partial charge in [0.25, 0.3) is 0 Å². The summed E-state index contributed by atoms with van der Waals surface area (Å²) >= 11 is 0. The monoisotopic (exact) mass is 468 g/mol. The topological polar surface area (TPSA) is 69.3 Å². The standard InChI is InChI=1S/C23H27F3N2O5/c1-30-19-8-5-9-20(31-2)22(19)32-17-10-12-28(13-11-17)15-21(29)27-14-16-6-3-4-7-18(16)33-23(24,25)26/h3-9,17H,10-15H2,1-2H3,(H,27,29). The molecule has 180 valence electrons. The molecule has 0 spiro atoms. The first kappa shape index (κ1) is 24.5. The lowest BCUT2D eigenvalue weighted by molar-refractivity contribution is -0.274. The number of carbonyl (C=O) groups is 1. The third-order valence-corrected chi connectivity index (χ3v) is 5.24. The van der Waals surface area contributed by atoms with Gasteiger partial charge in [0.1, 0.15) is 11.9 Å². The van der Waals surface area contributed by atoms with Crippen LogP contribution in [0.2, 0.25) is 0 Å². The second kappa shape index (κ2) is 11.1. The fourth-order valence-corrected chi connectivity index (χ4v) is 3.61. The molecule has 1 amide bonds. The molecule has 2 aromatic carbocycles. The minimum absolute atomic E-state index is 0.0547. The van der Waals surface area contributed by atoms with Gasteiger partial charge in [-0.05, 0) is 31.0 Å². The Hall–Kier alpha value is -3.14. The lowest BCUT2D eigenvalue weighted by Gasteiger charge is -2.32. The van der Waals surface area contributed by atoms with Gasteiger partial charge in [0.15, 0.2) is 11.5 Å². The van der Waals surface area contributed by atoms with E-state index < -0.39 is 6.36 Å². The molecule has 3 rings (SSSR count). The van der Waals surface area contributed by atoms with Crippen LogP contribution in [0, 0.1) is 0 Å². The number of hydrogen-bond acceptors (Lipinski definition) is 6. The number of piperidine rings is 1. The van der Waals surface area contributed by atoms with Crippen LogP contribution in [0.4, 0.5) is 13.2 Å². The van der Waals surface area contributed by atoms with Crippen LogP contribution in [0.5, 0.6) is 23.0 Å². The number of nitrogens with one attached hydrogen (secondary N) is 1. The molecule has 1 N–H and O–H groups in total. The average molecular weight is 468 g/mol. The van der Waals surface area contributed by atoms with Crippen LogP contribution in [0.15, 0.2) is 42.5 Å². The molecule has 1 fully saturated rings. The summed E-state index contributed by atoms with van der Waals surface area (Å²) in [6.45, 7) is 1.37. The normalized spacial score (nSPS) is 15.1. The fraction of sp³-hybridized carbons (Fsp3) is 0.435. The van der Waals surface area contributed by atoms with Gasteiger partial charge < -0.3 is 24.3 Å². The lowest BCUT2D eigenvalue weighted by atomic mass is 10.1. The van der Waals surface area contributed by atoms with Crippen LogP contribution in [-0.4, -0.2) is 57.1 Å². The molecule has 1 saturated heterocycles. The molecular weight excluding hydrogens is 441 g/mol. The Labute approximate surface area is 190 Å². The molecule has 7 nitrogen and oxygen atoms in total. The van der Waals surface area contributed by atoms with Gasteiger partial charge in [-0.3, -0.25) is 9.69 Å². The van der Waals surface area contributed by atoms with Gasteiger partial charge in [-0.15, -0.1) is 13.2 Å². The number of halogens is 3. The molecule has 0 atom stereocenters. The van der Waals surface area contributed by atoms with Crippen LogP contribution in [0.1, 0.15) is 18.4 Å². The zero-order chi connectivity index (χ0) is 23.8. The smallest absolute Gasteiger partial charge is 0.493 e. The van der Waals surface area contributed by atoms with Gasteiger partial charge in [-0.25, -0.2) is 0 Å². The lowest BCUT2D eigenvalue weighted by Crippen LogP contribution is -2.43. The van der Waals surface area contributed by atoms with E-state index in [9.17, 15) is 18.0 Å². The molecule has 2 aromatic rings. The SMILES string of the molecule is COc1cccc(OC)c1OC1CCN(CC(=O)NCc2ccccc2OC(F)(F)F)CC1. The highest BCUT2D eigenvalue weighted by Crippen LogP contribution is 2.38. The first-order chi connectivity index (χ1) is 15.8. The number of amides is 1. The number of ether oxygens (including phenoxy) is 4. The summed E-state index contributed by atoms with van der Waals surface area (Å²) in [4.78, 5) is 14.3.